The fourth-order valence-corrected chi connectivity index (χ4v) is 4.25. The van der Waals surface area contributed by atoms with Crippen molar-refractivity contribution in [1.29, 1.82) is 5.26 Å². The lowest BCUT2D eigenvalue weighted by Crippen LogP contribution is -2.51. The molecule has 4 heterocycles. The molecule has 1 N–H and O–H groups in total. The molecule has 0 aliphatic carbocycles. The van der Waals surface area contributed by atoms with Crippen molar-refractivity contribution in [2.24, 2.45) is 0 Å². The number of halogens is 2. The molecule has 4 rings (SSSR count). The van der Waals surface area contributed by atoms with Crippen molar-refractivity contribution in [3.8, 4) is 6.07 Å². The highest BCUT2D eigenvalue weighted by atomic mass is 19.2. The highest BCUT2D eigenvalue weighted by Gasteiger charge is 2.41. The number of aromatic nitrogens is 2. The van der Waals surface area contributed by atoms with Crippen LogP contribution in [0.3, 0.4) is 0 Å². The average Bonchev–Trinajstić information content (AvgIpc) is 3.35. The van der Waals surface area contributed by atoms with Gasteiger partial charge in [0, 0.05) is 51.2 Å². The number of rotatable bonds is 3. The van der Waals surface area contributed by atoms with Crippen LogP contribution in [-0.4, -0.2) is 95.9 Å². The maximum absolute atomic E-state index is 13.4. The number of carbonyl (C=O) groups is 1. The number of anilines is 1. The number of nitriles is 1. The normalized spacial score (nSPS) is 31.2. The van der Waals surface area contributed by atoms with Crippen molar-refractivity contribution in [3.63, 3.8) is 0 Å². The van der Waals surface area contributed by atoms with E-state index in [1.165, 1.54) is 11.1 Å². The molecular weight excluding hydrogens is 368 g/mol. The smallest absolute Gasteiger partial charge is 0.239 e. The van der Waals surface area contributed by atoms with Crippen LogP contribution >= 0.6 is 0 Å². The van der Waals surface area contributed by atoms with E-state index in [-0.39, 0.29) is 31.1 Å². The lowest BCUT2D eigenvalue weighted by atomic mass is 10.1. The third kappa shape index (κ3) is 3.64. The number of piperazine rings is 1. The summed E-state index contributed by atoms with van der Waals surface area (Å²) in [4.78, 5) is 26.6. The summed E-state index contributed by atoms with van der Waals surface area (Å²) in [5.74, 6) is 0.403. The van der Waals surface area contributed by atoms with Crippen molar-refractivity contribution in [3.05, 3.63) is 18.1 Å². The number of nitrogens with one attached hydrogen (secondary N) is 1. The van der Waals surface area contributed by atoms with E-state index in [1.54, 1.807) is 6.20 Å². The summed E-state index contributed by atoms with van der Waals surface area (Å²) in [5, 5.41) is 12.4. The second kappa shape index (κ2) is 7.93. The van der Waals surface area contributed by atoms with Crippen LogP contribution in [0.15, 0.2) is 12.4 Å². The molecule has 0 unspecified atom stereocenters. The summed E-state index contributed by atoms with van der Waals surface area (Å²) in [6.45, 7) is 3.40. The average molecular weight is 391 g/mol. The van der Waals surface area contributed by atoms with Crippen LogP contribution in [0.4, 0.5) is 14.6 Å². The van der Waals surface area contributed by atoms with Gasteiger partial charge in [-0.05, 0) is 6.42 Å². The Morgan fingerprint density at radius 2 is 1.82 bits per heavy atom. The first-order chi connectivity index (χ1) is 13.6. The largest absolute Gasteiger partial charge is 0.352 e. The highest BCUT2D eigenvalue weighted by Crippen LogP contribution is 2.23. The molecule has 28 heavy (non-hydrogen) atoms. The number of nitrogens with zero attached hydrogens (tertiary/aromatic N) is 6. The highest BCUT2D eigenvalue weighted by molar-refractivity contribution is 5.82. The Hall–Kier alpha value is -2.38. The standard InChI is InChI=1S/C18H23F2N7O/c19-13-10-27(11-14(13)20)18(28)15-7-12(9-24-15)25-3-5-26(6-4-25)17-16(8-21)22-1-2-23-17/h1-2,12-15,24H,3-7,9-11H2/t12-,13-,14+,15-/m0/s1. The Balaban J connectivity index is 1.30. The maximum Gasteiger partial charge on any atom is 0.239 e. The monoisotopic (exact) mass is 391 g/mol. The van der Waals surface area contributed by atoms with Gasteiger partial charge in [0.1, 0.15) is 6.07 Å². The van der Waals surface area contributed by atoms with Crippen LogP contribution in [0, 0.1) is 11.3 Å². The summed E-state index contributed by atoms with van der Waals surface area (Å²) >= 11 is 0. The quantitative estimate of drug-likeness (QED) is 0.758. The summed E-state index contributed by atoms with van der Waals surface area (Å²) in [6, 6.07) is 1.90. The van der Waals surface area contributed by atoms with Gasteiger partial charge >= 0.3 is 0 Å². The van der Waals surface area contributed by atoms with Crippen LogP contribution in [0.25, 0.3) is 0 Å². The lowest BCUT2D eigenvalue weighted by molar-refractivity contribution is -0.132. The Kier molecular flexibility index (Phi) is 5.37. The molecule has 1 aromatic rings. The summed E-state index contributed by atoms with van der Waals surface area (Å²) in [6.07, 6.45) is 0.581. The minimum absolute atomic E-state index is 0.152. The Morgan fingerprint density at radius 1 is 1.14 bits per heavy atom. The molecule has 0 radical (unpaired) electrons. The minimum Gasteiger partial charge on any atom is -0.352 e. The van der Waals surface area contributed by atoms with Gasteiger partial charge in [-0.3, -0.25) is 9.69 Å². The van der Waals surface area contributed by atoms with E-state index in [0.29, 0.717) is 24.5 Å². The third-order valence-corrected chi connectivity index (χ3v) is 5.81. The number of hydrogen-bond donors (Lipinski definition) is 1. The number of alkyl halides is 2. The van der Waals surface area contributed by atoms with E-state index in [4.69, 9.17) is 0 Å². The number of likely N-dealkylation sites (tertiary alicyclic amines) is 1. The third-order valence-electron chi connectivity index (χ3n) is 5.81. The van der Waals surface area contributed by atoms with Crippen LogP contribution in [0.2, 0.25) is 0 Å². The molecule has 3 fully saturated rings. The van der Waals surface area contributed by atoms with Gasteiger partial charge in [-0.15, -0.1) is 0 Å². The molecule has 0 bridgehead atoms. The summed E-state index contributed by atoms with van der Waals surface area (Å²) < 4.78 is 26.8. The number of carbonyl (C=O) groups excluding carboxylic acids is 1. The van der Waals surface area contributed by atoms with E-state index < -0.39 is 12.3 Å². The molecule has 3 saturated heterocycles. The molecule has 150 valence electrons. The van der Waals surface area contributed by atoms with Gasteiger partial charge in [0.05, 0.1) is 19.1 Å². The predicted molar refractivity (Wildman–Crippen MR) is 97.1 cm³/mol. The molecule has 4 atom stereocenters. The van der Waals surface area contributed by atoms with Crippen molar-refractivity contribution in [2.75, 3.05) is 50.7 Å². The molecule has 1 amide bonds. The topological polar surface area (TPSA) is 88.4 Å². The van der Waals surface area contributed by atoms with E-state index >= 15 is 0 Å². The van der Waals surface area contributed by atoms with Gasteiger partial charge in [-0.2, -0.15) is 5.26 Å². The molecule has 1 aromatic heterocycles. The Morgan fingerprint density at radius 3 is 2.50 bits per heavy atom. The van der Waals surface area contributed by atoms with Crippen molar-refractivity contribution in [2.45, 2.75) is 30.8 Å². The van der Waals surface area contributed by atoms with Crippen LogP contribution < -0.4 is 10.2 Å². The first kappa shape index (κ1) is 19.0. The molecule has 10 heteroatoms. The van der Waals surface area contributed by atoms with Crippen LogP contribution in [0.1, 0.15) is 12.1 Å². The fraction of sp³-hybridized carbons (Fsp3) is 0.667. The number of amides is 1. The molecule has 3 aliphatic heterocycles. The van der Waals surface area contributed by atoms with E-state index in [1.807, 2.05) is 0 Å². The van der Waals surface area contributed by atoms with Gasteiger partial charge in [-0.1, -0.05) is 0 Å². The van der Waals surface area contributed by atoms with Gasteiger partial charge in [0.15, 0.2) is 23.9 Å². The van der Waals surface area contributed by atoms with Gasteiger partial charge in [0.2, 0.25) is 5.91 Å². The number of hydrogen-bond acceptors (Lipinski definition) is 7. The second-order valence-electron chi connectivity index (χ2n) is 7.49. The Bertz CT molecular complexity index is 755. The molecule has 0 aromatic carbocycles. The second-order valence-corrected chi connectivity index (χ2v) is 7.49. The molecular formula is C18H23F2N7O. The fourth-order valence-electron chi connectivity index (χ4n) is 4.25. The van der Waals surface area contributed by atoms with Gasteiger partial charge in [-0.25, -0.2) is 18.7 Å². The van der Waals surface area contributed by atoms with Gasteiger partial charge < -0.3 is 15.1 Å². The first-order valence-corrected chi connectivity index (χ1v) is 9.57. The zero-order valence-electron chi connectivity index (χ0n) is 15.5. The van der Waals surface area contributed by atoms with Crippen LogP contribution in [0.5, 0.6) is 0 Å². The Labute approximate surface area is 162 Å². The first-order valence-electron chi connectivity index (χ1n) is 9.57. The van der Waals surface area contributed by atoms with E-state index in [9.17, 15) is 18.8 Å². The zero-order valence-corrected chi connectivity index (χ0v) is 15.5. The SMILES string of the molecule is N#Cc1nccnc1N1CCN([C@@H]2CN[C@H](C(=O)N3C[C@@H](F)[C@@H](F)C3)C2)CC1. The summed E-state index contributed by atoms with van der Waals surface area (Å²) in [5.41, 5.74) is 0.326. The summed E-state index contributed by atoms with van der Waals surface area (Å²) in [7, 11) is 0. The van der Waals surface area contributed by atoms with Crippen molar-refractivity contribution < 1.29 is 13.6 Å². The van der Waals surface area contributed by atoms with Crippen molar-refractivity contribution >= 4 is 11.7 Å². The van der Waals surface area contributed by atoms with E-state index in [0.717, 1.165) is 26.2 Å². The lowest BCUT2D eigenvalue weighted by Gasteiger charge is -2.38. The van der Waals surface area contributed by atoms with E-state index in [2.05, 4.69) is 31.2 Å². The molecule has 0 spiro atoms. The minimum atomic E-state index is -1.58. The zero-order chi connectivity index (χ0) is 19.7. The van der Waals surface area contributed by atoms with Crippen LogP contribution in [-0.2, 0) is 4.79 Å². The van der Waals surface area contributed by atoms with Gasteiger partial charge in [0.25, 0.3) is 0 Å². The molecule has 3 aliphatic rings. The molecule has 8 nitrogen and oxygen atoms in total. The maximum atomic E-state index is 13.4. The predicted octanol–water partition coefficient (Wildman–Crippen LogP) is -0.281. The molecule has 0 saturated carbocycles. The van der Waals surface area contributed by atoms with Crippen molar-refractivity contribution in [1.82, 2.24) is 25.1 Å².